The van der Waals surface area contributed by atoms with E-state index in [1.165, 1.54) is 6.07 Å². The normalized spacial score (nSPS) is 18.6. The van der Waals surface area contributed by atoms with E-state index in [2.05, 4.69) is 5.32 Å². The summed E-state index contributed by atoms with van der Waals surface area (Å²) >= 11 is 0. The van der Waals surface area contributed by atoms with Gasteiger partial charge in [0, 0.05) is 0 Å². The van der Waals surface area contributed by atoms with E-state index in [9.17, 15) is 9.18 Å². The molecular weight excluding hydrogens is 279 g/mol. The molecule has 112 valence electrons. The van der Waals surface area contributed by atoms with Crippen LogP contribution in [-0.2, 0) is 11.2 Å². The lowest BCUT2D eigenvalue weighted by Gasteiger charge is -2.27. The van der Waals surface area contributed by atoms with E-state index in [1.54, 1.807) is 12.1 Å². The van der Waals surface area contributed by atoms with Crippen LogP contribution in [0.2, 0.25) is 0 Å². The minimum Gasteiger partial charge on any atom is -0.348 e. The van der Waals surface area contributed by atoms with Crippen LogP contribution in [0.4, 0.5) is 4.39 Å². The van der Waals surface area contributed by atoms with Crippen LogP contribution in [0.3, 0.4) is 0 Å². The molecular formula is C15H22ClFN2O. The molecule has 2 rings (SSSR count). The van der Waals surface area contributed by atoms with Crippen LogP contribution in [0, 0.1) is 5.82 Å². The molecule has 0 fully saturated rings. The van der Waals surface area contributed by atoms with Crippen molar-refractivity contribution in [2.75, 3.05) is 0 Å². The molecule has 0 heterocycles. The Morgan fingerprint density at radius 3 is 3.00 bits per heavy atom. The Bertz CT molecular complexity index is 467. The van der Waals surface area contributed by atoms with E-state index in [1.807, 2.05) is 6.92 Å². The Labute approximate surface area is 125 Å². The summed E-state index contributed by atoms with van der Waals surface area (Å²) in [7, 11) is 0. The van der Waals surface area contributed by atoms with Gasteiger partial charge < -0.3 is 11.1 Å². The summed E-state index contributed by atoms with van der Waals surface area (Å²) in [6.45, 7) is 2.01. The second kappa shape index (κ2) is 7.60. The number of aryl methyl sites for hydroxylation is 1. The molecule has 0 spiro atoms. The lowest BCUT2D eigenvalue weighted by Crippen LogP contribution is -2.42. The van der Waals surface area contributed by atoms with Crippen molar-refractivity contribution in [2.45, 2.75) is 51.1 Å². The zero-order valence-corrected chi connectivity index (χ0v) is 12.5. The molecule has 0 aliphatic heterocycles. The number of halogens is 2. The Morgan fingerprint density at radius 1 is 1.55 bits per heavy atom. The minimum absolute atomic E-state index is 0. The highest BCUT2D eigenvalue weighted by molar-refractivity contribution is 5.85. The van der Waals surface area contributed by atoms with E-state index >= 15 is 0 Å². The van der Waals surface area contributed by atoms with Crippen LogP contribution in [-0.4, -0.2) is 11.9 Å². The summed E-state index contributed by atoms with van der Waals surface area (Å²) in [5.74, 6) is -0.322. The van der Waals surface area contributed by atoms with Crippen LogP contribution in [0.25, 0.3) is 0 Å². The van der Waals surface area contributed by atoms with Crippen LogP contribution >= 0.6 is 12.4 Å². The van der Waals surface area contributed by atoms with Crippen molar-refractivity contribution in [3.8, 4) is 0 Å². The average Bonchev–Trinajstić information content (AvgIpc) is 2.38. The van der Waals surface area contributed by atoms with Crippen LogP contribution < -0.4 is 11.1 Å². The van der Waals surface area contributed by atoms with E-state index in [4.69, 9.17) is 5.73 Å². The van der Waals surface area contributed by atoms with Gasteiger partial charge in [-0.25, -0.2) is 4.39 Å². The second-order valence-electron chi connectivity index (χ2n) is 5.19. The fourth-order valence-electron chi connectivity index (χ4n) is 2.65. The second-order valence-corrected chi connectivity index (χ2v) is 5.19. The smallest absolute Gasteiger partial charge is 0.237 e. The molecule has 0 bridgehead atoms. The number of rotatable bonds is 4. The van der Waals surface area contributed by atoms with Gasteiger partial charge in [0.1, 0.15) is 5.82 Å². The monoisotopic (exact) mass is 300 g/mol. The quantitative estimate of drug-likeness (QED) is 0.898. The number of carbonyl (C=O) groups is 1. The van der Waals surface area contributed by atoms with Gasteiger partial charge in [0.05, 0.1) is 12.1 Å². The lowest BCUT2D eigenvalue weighted by atomic mass is 9.87. The van der Waals surface area contributed by atoms with Gasteiger partial charge >= 0.3 is 0 Å². The molecule has 1 aliphatic rings. The molecule has 0 saturated carbocycles. The number of benzene rings is 1. The Morgan fingerprint density at radius 2 is 2.30 bits per heavy atom. The zero-order valence-electron chi connectivity index (χ0n) is 11.7. The Hall–Kier alpha value is -1.13. The predicted molar refractivity (Wildman–Crippen MR) is 80.4 cm³/mol. The van der Waals surface area contributed by atoms with E-state index in [0.717, 1.165) is 36.8 Å². The standard InChI is InChI=1S/C15H21FN2O.ClH/c1-2-4-13(17)15(19)18-14-6-3-5-10-9-11(16)7-8-12(10)14;/h7-9,13-14H,2-6,17H2,1H3,(H,18,19);1H. The number of hydrogen-bond donors (Lipinski definition) is 2. The van der Waals surface area contributed by atoms with Crippen molar-refractivity contribution >= 4 is 18.3 Å². The predicted octanol–water partition coefficient (Wildman–Crippen LogP) is 2.87. The topological polar surface area (TPSA) is 55.1 Å². The molecule has 1 aliphatic carbocycles. The van der Waals surface area contributed by atoms with Gasteiger partial charge in [0.2, 0.25) is 5.91 Å². The number of carbonyl (C=O) groups excluding carboxylic acids is 1. The molecule has 20 heavy (non-hydrogen) atoms. The summed E-state index contributed by atoms with van der Waals surface area (Å²) in [5.41, 5.74) is 7.85. The first-order valence-corrected chi connectivity index (χ1v) is 6.96. The first-order valence-electron chi connectivity index (χ1n) is 6.96. The number of nitrogens with one attached hydrogen (secondary N) is 1. The summed E-state index contributed by atoms with van der Waals surface area (Å²) in [4.78, 5) is 12.0. The van der Waals surface area contributed by atoms with Gasteiger partial charge in [-0.3, -0.25) is 4.79 Å². The summed E-state index contributed by atoms with van der Waals surface area (Å²) in [6, 6.07) is 4.32. The maximum absolute atomic E-state index is 13.2. The van der Waals surface area contributed by atoms with Gasteiger partial charge in [-0.15, -0.1) is 12.4 Å². The van der Waals surface area contributed by atoms with Crippen LogP contribution in [0.1, 0.15) is 49.8 Å². The molecule has 1 aromatic rings. The molecule has 5 heteroatoms. The lowest BCUT2D eigenvalue weighted by molar-refractivity contribution is -0.123. The molecule has 1 aromatic carbocycles. The highest BCUT2D eigenvalue weighted by Gasteiger charge is 2.23. The third kappa shape index (κ3) is 3.93. The van der Waals surface area contributed by atoms with E-state index in [0.29, 0.717) is 6.42 Å². The van der Waals surface area contributed by atoms with Crippen LogP contribution in [0.15, 0.2) is 18.2 Å². The maximum Gasteiger partial charge on any atom is 0.237 e. The average molecular weight is 301 g/mol. The number of fused-ring (bicyclic) bond motifs is 1. The van der Waals surface area contributed by atoms with E-state index < -0.39 is 6.04 Å². The van der Waals surface area contributed by atoms with Crippen molar-refractivity contribution in [1.29, 1.82) is 0 Å². The van der Waals surface area contributed by atoms with Crippen molar-refractivity contribution in [2.24, 2.45) is 5.73 Å². The first kappa shape index (κ1) is 16.9. The van der Waals surface area contributed by atoms with Gasteiger partial charge in [0.25, 0.3) is 0 Å². The number of nitrogens with two attached hydrogens (primary N) is 1. The SMILES string of the molecule is CCCC(N)C(=O)NC1CCCc2cc(F)ccc21.Cl. The van der Waals surface area contributed by atoms with Gasteiger partial charge in [-0.2, -0.15) is 0 Å². The van der Waals surface area contributed by atoms with Crippen LogP contribution in [0.5, 0.6) is 0 Å². The summed E-state index contributed by atoms with van der Waals surface area (Å²) in [6.07, 6.45) is 4.31. The minimum atomic E-state index is -0.448. The molecule has 3 N–H and O–H groups in total. The highest BCUT2D eigenvalue weighted by Crippen LogP contribution is 2.30. The Kier molecular flexibility index (Phi) is 6.43. The summed E-state index contributed by atoms with van der Waals surface area (Å²) in [5, 5.41) is 2.99. The number of amides is 1. The molecule has 2 unspecified atom stereocenters. The fourth-order valence-corrected chi connectivity index (χ4v) is 2.65. The molecule has 0 saturated heterocycles. The fraction of sp³-hybridized carbons (Fsp3) is 0.533. The largest absolute Gasteiger partial charge is 0.348 e. The zero-order chi connectivity index (χ0) is 13.8. The molecule has 2 atom stereocenters. The first-order chi connectivity index (χ1) is 9.11. The van der Waals surface area contributed by atoms with Crippen molar-refractivity contribution in [3.63, 3.8) is 0 Å². The van der Waals surface area contributed by atoms with Gasteiger partial charge in [-0.05, 0) is 48.9 Å². The van der Waals surface area contributed by atoms with Crippen molar-refractivity contribution < 1.29 is 9.18 Å². The maximum atomic E-state index is 13.2. The van der Waals surface area contributed by atoms with Crippen molar-refractivity contribution in [3.05, 3.63) is 35.1 Å². The van der Waals surface area contributed by atoms with Gasteiger partial charge in [0.15, 0.2) is 0 Å². The van der Waals surface area contributed by atoms with Gasteiger partial charge in [-0.1, -0.05) is 19.4 Å². The highest BCUT2D eigenvalue weighted by atomic mass is 35.5. The molecule has 0 aromatic heterocycles. The molecule has 0 radical (unpaired) electrons. The molecule has 1 amide bonds. The Balaban J connectivity index is 0.00000200. The molecule has 3 nitrogen and oxygen atoms in total. The third-order valence-corrected chi connectivity index (χ3v) is 3.67. The summed E-state index contributed by atoms with van der Waals surface area (Å²) < 4.78 is 13.2. The van der Waals surface area contributed by atoms with E-state index in [-0.39, 0.29) is 30.2 Å². The third-order valence-electron chi connectivity index (χ3n) is 3.67. The number of hydrogen-bond acceptors (Lipinski definition) is 2. The van der Waals surface area contributed by atoms with Crippen molar-refractivity contribution in [1.82, 2.24) is 5.32 Å².